The van der Waals surface area contributed by atoms with Crippen LogP contribution in [0.25, 0.3) is 0 Å². The number of carbonyl (C=O) groups excluding carboxylic acids is 1. The first-order valence-corrected chi connectivity index (χ1v) is 5.97. The number of anilines is 1. The number of ether oxygens (including phenoxy) is 1. The highest BCUT2D eigenvalue weighted by Crippen LogP contribution is 2.35. The zero-order valence-corrected chi connectivity index (χ0v) is 11.8. The molecule has 1 aromatic carbocycles. The first-order chi connectivity index (χ1) is 8.25. The Hall–Kier alpha value is -1.71. The molecular weight excluding hydrogens is 228 g/mol. The van der Waals surface area contributed by atoms with Crippen molar-refractivity contribution in [3.63, 3.8) is 0 Å². The molecule has 4 heteroatoms. The van der Waals surface area contributed by atoms with E-state index in [9.17, 15) is 4.79 Å². The maximum Gasteiger partial charge on any atom is 0.236 e. The molecule has 0 aromatic heterocycles. The molecule has 0 aliphatic heterocycles. The number of rotatable bonds is 4. The molecule has 0 unspecified atom stereocenters. The minimum Gasteiger partial charge on any atom is -0.496 e. The van der Waals surface area contributed by atoms with Crippen LogP contribution in [0.5, 0.6) is 5.75 Å². The highest BCUT2D eigenvalue weighted by atomic mass is 16.5. The van der Waals surface area contributed by atoms with Crippen LogP contribution in [0.4, 0.5) is 5.69 Å². The van der Waals surface area contributed by atoms with Crippen LogP contribution >= 0.6 is 0 Å². The lowest BCUT2D eigenvalue weighted by molar-refractivity contribution is -0.116. The van der Waals surface area contributed by atoms with Crippen LogP contribution in [0.15, 0.2) is 12.1 Å². The van der Waals surface area contributed by atoms with E-state index in [1.807, 2.05) is 19.1 Å². The Morgan fingerprint density at radius 3 is 2.44 bits per heavy atom. The van der Waals surface area contributed by atoms with Gasteiger partial charge in [-0.25, -0.2) is 0 Å². The lowest BCUT2D eigenvalue weighted by Crippen LogP contribution is -2.22. The van der Waals surface area contributed by atoms with Crippen molar-refractivity contribution in [2.24, 2.45) is 5.73 Å². The van der Waals surface area contributed by atoms with E-state index in [4.69, 9.17) is 10.5 Å². The molecule has 18 heavy (non-hydrogen) atoms. The molecule has 1 aromatic rings. The minimum absolute atomic E-state index is 0.0256. The summed E-state index contributed by atoms with van der Waals surface area (Å²) < 4.78 is 5.41. The summed E-state index contributed by atoms with van der Waals surface area (Å²) in [6.45, 7) is 8.48. The van der Waals surface area contributed by atoms with Crippen molar-refractivity contribution in [3.05, 3.63) is 23.3 Å². The fourth-order valence-corrected chi connectivity index (χ4v) is 1.81. The molecule has 100 valence electrons. The van der Waals surface area contributed by atoms with Crippen molar-refractivity contribution in [2.75, 3.05) is 19.0 Å². The number of carbonyl (C=O) groups is 1. The van der Waals surface area contributed by atoms with Gasteiger partial charge >= 0.3 is 0 Å². The first-order valence-electron chi connectivity index (χ1n) is 5.97. The summed E-state index contributed by atoms with van der Waals surface area (Å²) in [6.07, 6.45) is 0. The second-order valence-electron chi connectivity index (χ2n) is 5.44. The Balaban J connectivity index is 3.17. The van der Waals surface area contributed by atoms with E-state index in [1.165, 1.54) is 0 Å². The van der Waals surface area contributed by atoms with Gasteiger partial charge in [-0.1, -0.05) is 20.8 Å². The fourth-order valence-electron chi connectivity index (χ4n) is 1.81. The van der Waals surface area contributed by atoms with Crippen LogP contribution in [0, 0.1) is 6.92 Å². The van der Waals surface area contributed by atoms with E-state index < -0.39 is 0 Å². The highest BCUT2D eigenvalue weighted by molar-refractivity contribution is 5.79. The number of nitrogens with one attached hydrogen (secondary N) is 1. The molecule has 0 saturated heterocycles. The van der Waals surface area contributed by atoms with Crippen molar-refractivity contribution in [3.8, 4) is 5.75 Å². The Bertz CT molecular complexity index is 448. The van der Waals surface area contributed by atoms with Crippen LogP contribution in [0.3, 0.4) is 0 Å². The molecule has 4 nitrogen and oxygen atoms in total. The zero-order valence-electron chi connectivity index (χ0n) is 11.8. The SMILES string of the molecule is COc1cc(C)c(NCC(N)=O)cc1C(C)(C)C. The Morgan fingerprint density at radius 2 is 2.00 bits per heavy atom. The molecule has 1 rings (SSSR count). The normalized spacial score (nSPS) is 11.2. The predicted molar refractivity (Wildman–Crippen MR) is 74.1 cm³/mol. The van der Waals surface area contributed by atoms with E-state index in [0.717, 1.165) is 22.6 Å². The Labute approximate surface area is 109 Å². The number of hydrogen-bond acceptors (Lipinski definition) is 3. The van der Waals surface area contributed by atoms with Gasteiger partial charge in [-0.2, -0.15) is 0 Å². The van der Waals surface area contributed by atoms with Crippen LogP contribution in [0.1, 0.15) is 31.9 Å². The van der Waals surface area contributed by atoms with Crippen LogP contribution in [-0.2, 0) is 10.2 Å². The van der Waals surface area contributed by atoms with Gasteiger partial charge < -0.3 is 15.8 Å². The number of nitrogens with two attached hydrogens (primary N) is 1. The van der Waals surface area contributed by atoms with Crippen molar-refractivity contribution in [2.45, 2.75) is 33.1 Å². The monoisotopic (exact) mass is 250 g/mol. The molecule has 0 fully saturated rings. The number of amides is 1. The summed E-state index contributed by atoms with van der Waals surface area (Å²) in [5, 5.41) is 3.05. The summed E-state index contributed by atoms with van der Waals surface area (Å²) in [5.41, 5.74) is 8.16. The van der Waals surface area contributed by atoms with Crippen LogP contribution in [0.2, 0.25) is 0 Å². The molecule has 0 radical (unpaired) electrons. The summed E-state index contributed by atoms with van der Waals surface area (Å²) in [6, 6.07) is 4.00. The zero-order chi connectivity index (χ0) is 13.9. The maximum atomic E-state index is 10.8. The number of aryl methyl sites for hydroxylation is 1. The van der Waals surface area contributed by atoms with Gasteiger partial charge in [0.15, 0.2) is 0 Å². The quantitative estimate of drug-likeness (QED) is 0.861. The molecule has 0 atom stereocenters. The van der Waals surface area contributed by atoms with Gasteiger partial charge in [-0.05, 0) is 30.0 Å². The average Bonchev–Trinajstić information content (AvgIpc) is 2.25. The standard InChI is InChI=1S/C14H22N2O2/c1-9-6-12(18-5)10(14(2,3)4)7-11(9)16-8-13(15)17/h6-7,16H,8H2,1-5H3,(H2,15,17). The second kappa shape index (κ2) is 5.29. The van der Waals surface area contributed by atoms with Crippen molar-refractivity contribution < 1.29 is 9.53 Å². The second-order valence-corrected chi connectivity index (χ2v) is 5.44. The van der Waals surface area contributed by atoms with Gasteiger partial charge in [0.05, 0.1) is 13.7 Å². The van der Waals surface area contributed by atoms with Gasteiger partial charge in [0.1, 0.15) is 5.75 Å². The number of hydrogen-bond donors (Lipinski definition) is 2. The smallest absolute Gasteiger partial charge is 0.236 e. The molecule has 0 bridgehead atoms. The molecule has 3 N–H and O–H groups in total. The van der Waals surface area contributed by atoms with E-state index in [2.05, 4.69) is 26.1 Å². The van der Waals surface area contributed by atoms with Gasteiger partial charge in [0.2, 0.25) is 5.91 Å². The van der Waals surface area contributed by atoms with E-state index in [-0.39, 0.29) is 17.9 Å². The van der Waals surface area contributed by atoms with Crippen molar-refractivity contribution in [1.29, 1.82) is 0 Å². The predicted octanol–water partition coefficient (Wildman–Crippen LogP) is 2.20. The summed E-state index contributed by atoms with van der Waals surface area (Å²) in [5.74, 6) is 0.493. The van der Waals surface area contributed by atoms with Crippen LogP contribution < -0.4 is 15.8 Å². The van der Waals surface area contributed by atoms with Gasteiger partial charge in [0.25, 0.3) is 0 Å². The number of methoxy groups -OCH3 is 1. The summed E-state index contributed by atoms with van der Waals surface area (Å²) in [4.78, 5) is 10.8. The maximum absolute atomic E-state index is 10.8. The molecule has 0 spiro atoms. The Morgan fingerprint density at radius 1 is 1.39 bits per heavy atom. The third-order valence-corrected chi connectivity index (χ3v) is 2.81. The molecule has 0 aliphatic rings. The first kappa shape index (κ1) is 14.4. The van der Waals surface area contributed by atoms with Crippen molar-refractivity contribution >= 4 is 11.6 Å². The van der Waals surface area contributed by atoms with Crippen molar-refractivity contribution in [1.82, 2.24) is 0 Å². The van der Waals surface area contributed by atoms with E-state index >= 15 is 0 Å². The van der Waals surface area contributed by atoms with Gasteiger partial charge in [-0.3, -0.25) is 4.79 Å². The third kappa shape index (κ3) is 3.39. The molecule has 0 saturated carbocycles. The molecular formula is C14H22N2O2. The van der Waals surface area contributed by atoms with Gasteiger partial charge in [-0.15, -0.1) is 0 Å². The minimum atomic E-state index is -0.373. The van der Waals surface area contributed by atoms with Crippen LogP contribution in [-0.4, -0.2) is 19.6 Å². The fraction of sp³-hybridized carbons (Fsp3) is 0.500. The molecule has 0 heterocycles. The van der Waals surface area contributed by atoms with Gasteiger partial charge in [0, 0.05) is 11.3 Å². The average molecular weight is 250 g/mol. The summed E-state index contributed by atoms with van der Waals surface area (Å²) in [7, 11) is 1.67. The largest absolute Gasteiger partial charge is 0.496 e. The summed E-state index contributed by atoms with van der Waals surface area (Å²) >= 11 is 0. The van der Waals surface area contributed by atoms with E-state index in [1.54, 1.807) is 7.11 Å². The third-order valence-electron chi connectivity index (χ3n) is 2.81. The topological polar surface area (TPSA) is 64.3 Å². The molecule has 1 amide bonds. The highest BCUT2D eigenvalue weighted by Gasteiger charge is 2.20. The number of primary amides is 1. The Kier molecular flexibility index (Phi) is 4.22. The lowest BCUT2D eigenvalue weighted by atomic mass is 9.85. The van der Waals surface area contributed by atoms with E-state index in [0.29, 0.717) is 0 Å². The molecule has 0 aliphatic carbocycles. The number of benzene rings is 1. The lowest BCUT2D eigenvalue weighted by Gasteiger charge is -2.24.